The molecule has 3 heterocycles. The van der Waals surface area contributed by atoms with Crippen LogP contribution in [0.25, 0.3) is 0 Å². The number of nitrogens with zero attached hydrogens (tertiary/aromatic N) is 2. The molecule has 4 rings (SSSR count). The number of ether oxygens (including phenoxy) is 3. The largest absolute Gasteiger partial charge is 0.489 e. The third kappa shape index (κ3) is 5.44. The van der Waals surface area contributed by atoms with Gasteiger partial charge in [0, 0.05) is 43.8 Å². The van der Waals surface area contributed by atoms with Gasteiger partial charge in [0.25, 0.3) is 5.91 Å². The number of carbonyl (C=O) groups excluding carboxylic acids is 1. The van der Waals surface area contributed by atoms with Gasteiger partial charge in [0.2, 0.25) is 0 Å². The second-order valence-corrected chi connectivity index (χ2v) is 8.17. The molecule has 31 heavy (non-hydrogen) atoms. The number of benzene rings is 1. The predicted octanol–water partition coefficient (Wildman–Crippen LogP) is 2.34. The Kier molecular flexibility index (Phi) is 7.21. The van der Waals surface area contributed by atoms with E-state index in [0.717, 1.165) is 63.0 Å². The third-order valence-electron chi connectivity index (χ3n) is 6.16. The van der Waals surface area contributed by atoms with Crippen molar-refractivity contribution in [3.8, 4) is 5.75 Å². The van der Waals surface area contributed by atoms with E-state index in [0.29, 0.717) is 30.4 Å². The zero-order chi connectivity index (χ0) is 21.6. The fourth-order valence-corrected chi connectivity index (χ4v) is 4.25. The summed E-state index contributed by atoms with van der Waals surface area (Å²) < 4.78 is 22.2. The minimum atomic E-state index is -0.0973. The molecular formula is C23H31N3O5. The molecule has 1 aromatic carbocycles. The SMILES string of the molecule is Cc1noc(C)c1COc1cccc(C(=O)NCC(C2CCOC2)N2CCOCC2)c1. The monoisotopic (exact) mass is 429 g/mol. The molecule has 2 fully saturated rings. The van der Waals surface area contributed by atoms with E-state index < -0.39 is 0 Å². The molecule has 2 aliphatic heterocycles. The lowest BCUT2D eigenvalue weighted by atomic mass is 9.96. The number of aromatic nitrogens is 1. The predicted molar refractivity (Wildman–Crippen MR) is 114 cm³/mol. The zero-order valence-electron chi connectivity index (χ0n) is 18.3. The molecule has 0 aliphatic carbocycles. The molecule has 0 spiro atoms. The third-order valence-corrected chi connectivity index (χ3v) is 6.16. The summed E-state index contributed by atoms with van der Waals surface area (Å²) in [5.74, 6) is 1.72. The van der Waals surface area contributed by atoms with Crippen LogP contribution >= 0.6 is 0 Å². The van der Waals surface area contributed by atoms with Gasteiger partial charge in [-0.25, -0.2) is 0 Å². The number of nitrogens with one attached hydrogen (secondary N) is 1. The highest BCUT2D eigenvalue weighted by molar-refractivity contribution is 5.94. The van der Waals surface area contributed by atoms with Crippen molar-refractivity contribution in [3.63, 3.8) is 0 Å². The maximum absolute atomic E-state index is 12.9. The van der Waals surface area contributed by atoms with Crippen LogP contribution in [0.1, 0.15) is 33.8 Å². The first-order valence-corrected chi connectivity index (χ1v) is 10.9. The molecule has 1 N–H and O–H groups in total. The second-order valence-electron chi connectivity index (χ2n) is 8.17. The summed E-state index contributed by atoms with van der Waals surface area (Å²) in [7, 11) is 0. The molecular weight excluding hydrogens is 398 g/mol. The Hall–Kier alpha value is -2.42. The first-order valence-electron chi connectivity index (χ1n) is 10.9. The van der Waals surface area contributed by atoms with Crippen LogP contribution in [0.15, 0.2) is 28.8 Å². The average Bonchev–Trinajstić information content (AvgIpc) is 3.44. The van der Waals surface area contributed by atoms with E-state index in [2.05, 4.69) is 15.4 Å². The number of morpholine rings is 1. The highest BCUT2D eigenvalue weighted by Gasteiger charge is 2.31. The summed E-state index contributed by atoms with van der Waals surface area (Å²) in [5.41, 5.74) is 2.33. The molecule has 2 saturated heterocycles. The molecule has 2 aromatic rings. The topological polar surface area (TPSA) is 86.1 Å². The van der Waals surface area contributed by atoms with Crippen LogP contribution in [0.3, 0.4) is 0 Å². The number of hydrogen-bond donors (Lipinski definition) is 1. The number of amides is 1. The van der Waals surface area contributed by atoms with Crippen molar-refractivity contribution in [2.75, 3.05) is 46.1 Å². The van der Waals surface area contributed by atoms with Crippen LogP contribution in [0.4, 0.5) is 0 Å². The molecule has 2 aliphatic rings. The fourth-order valence-electron chi connectivity index (χ4n) is 4.25. The first-order chi connectivity index (χ1) is 15.1. The van der Waals surface area contributed by atoms with Gasteiger partial charge in [0.15, 0.2) is 0 Å². The van der Waals surface area contributed by atoms with Crippen molar-refractivity contribution in [1.29, 1.82) is 0 Å². The van der Waals surface area contributed by atoms with Gasteiger partial charge in [0.1, 0.15) is 18.1 Å². The summed E-state index contributed by atoms with van der Waals surface area (Å²) in [4.78, 5) is 15.3. The smallest absolute Gasteiger partial charge is 0.251 e. The van der Waals surface area contributed by atoms with Crippen LogP contribution in [0.5, 0.6) is 5.75 Å². The molecule has 2 unspecified atom stereocenters. The van der Waals surface area contributed by atoms with Gasteiger partial charge < -0.3 is 24.1 Å². The van der Waals surface area contributed by atoms with Gasteiger partial charge in [-0.05, 0) is 38.5 Å². The van der Waals surface area contributed by atoms with Crippen LogP contribution in [0.2, 0.25) is 0 Å². The molecule has 8 heteroatoms. The Morgan fingerprint density at radius 3 is 2.81 bits per heavy atom. The zero-order valence-corrected chi connectivity index (χ0v) is 18.3. The molecule has 2 atom stereocenters. The van der Waals surface area contributed by atoms with E-state index >= 15 is 0 Å². The lowest BCUT2D eigenvalue weighted by Crippen LogP contribution is -2.52. The Morgan fingerprint density at radius 1 is 1.26 bits per heavy atom. The van der Waals surface area contributed by atoms with Crippen molar-refractivity contribution in [2.24, 2.45) is 5.92 Å². The van der Waals surface area contributed by atoms with Gasteiger partial charge in [-0.3, -0.25) is 9.69 Å². The summed E-state index contributed by atoms with van der Waals surface area (Å²) >= 11 is 0. The van der Waals surface area contributed by atoms with Crippen molar-refractivity contribution in [1.82, 2.24) is 15.4 Å². The van der Waals surface area contributed by atoms with E-state index in [9.17, 15) is 4.79 Å². The van der Waals surface area contributed by atoms with E-state index in [4.69, 9.17) is 18.7 Å². The molecule has 0 bridgehead atoms. The van der Waals surface area contributed by atoms with Crippen LogP contribution < -0.4 is 10.1 Å². The highest BCUT2D eigenvalue weighted by atomic mass is 16.5. The normalized spacial score (nSPS) is 20.5. The van der Waals surface area contributed by atoms with Crippen molar-refractivity contribution < 1.29 is 23.5 Å². The Balaban J connectivity index is 1.36. The maximum atomic E-state index is 12.9. The van der Waals surface area contributed by atoms with Crippen LogP contribution in [-0.2, 0) is 16.1 Å². The summed E-state index contributed by atoms with van der Waals surface area (Å²) in [5, 5.41) is 7.08. The van der Waals surface area contributed by atoms with E-state index in [-0.39, 0.29) is 11.9 Å². The fraction of sp³-hybridized carbons (Fsp3) is 0.565. The first kappa shape index (κ1) is 21.8. The van der Waals surface area contributed by atoms with Gasteiger partial charge in [0.05, 0.1) is 31.1 Å². The second kappa shape index (κ2) is 10.3. The summed E-state index contributed by atoms with van der Waals surface area (Å²) in [6.45, 7) is 9.51. The van der Waals surface area contributed by atoms with Gasteiger partial charge in [-0.1, -0.05) is 11.2 Å². The minimum Gasteiger partial charge on any atom is -0.489 e. The molecule has 8 nitrogen and oxygen atoms in total. The molecule has 0 saturated carbocycles. The Bertz CT molecular complexity index is 852. The maximum Gasteiger partial charge on any atom is 0.251 e. The van der Waals surface area contributed by atoms with Gasteiger partial charge in [-0.2, -0.15) is 0 Å². The van der Waals surface area contributed by atoms with E-state index in [1.807, 2.05) is 26.0 Å². The van der Waals surface area contributed by atoms with E-state index in [1.54, 1.807) is 12.1 Å². The van der Waals surface area contributed by atoms with Crippen molar-refractivity contribution in [3.05, 3.63) is 46.8 Å². The van der Waals surface area contributed by atoms with Crippen LogP contribution in [0, 0.1) is 19.8 Å². The lowest BCUT2D eigenvalue weighted by molar-refractivity contribution is 0.00166. The van der Waals surface area contributed by atoms with Gasteiger partial charge >= 0.3 is 0 Å². The Morgan fingerprint density at radius 2 is 2.10 bits per heavy atom. The Labute approximate surface area is 182 Å². The van der Waals surface area contributed by atoms with Crippen molar-refractivity contribution in [2.45, 2.75) is 32.9 Å². The number of carbonyl (C=O) groups is 1. The molecule has 1 amide bonds. The van der Waals surface area contributed by atoms with Crippen molar-refractivity contribution >= 4 is 5.91 Å². The molecule has 168 valence electrons. The summed E-state index contributed by atoms with van der Waals surface area (Å²) in [6.07, 6.45) is 1.03. The molecule has 1 aromatic heterocycles. The summed E-state index contributed by atoms with van der Waals surface area (Å²) in [6, 6.07) is 7.52. The number of aryl methyl sites for hydroxylation is 2. The standard InChI is InChI=1S/C23H31N3O5/c1-16-21(17(2)31-25-16)15-30-20-5-3-4-18(12-20)23(27)24-13-22(19-6-9-29-14-19)26-7-10-28-11-8-26/h3-5,12,19,22H,6-11,13-15H2,1-2H3,(H,24,27). The quantitative estimate of drug-likeness (QED) is 0.689. The minimum absolute atomic E-state index is 0.0973. The number of hydrogen-bond acceptors (Lipinski definition) is 7. The van der Waals surface area contributed by atoms with E-state index in [1.165, 1.54) is 0 Å². The van der Waals surface area contributed by atoms with Gasteiger partial charge in [-0.15, -0.1) is 0 Å². The average molecular weight is 430 g/mol. The lowest BCUT2D eigenvalue weighted by Gasteiger charge is -2.37. The van der Waals surface area contributed by atoms with Crippen LogP contribution in [-0.4, -0.2) is 68.1 Å². The molecule has 0 radical (unpaired) electrons. The number of rotatable bonds is 8. The highest BCUT2D eigenvalue weighted by Crippen LogP contribution is 2.22.